The number of rotatable bonds is 10. The minimum absolute atomic E-state index is 0.0524. The third-order valence-electron chi connectivity index (χ3n) is 4.44. The topological polar surface area (TPSA) is 97.4 Å². The van der Waals surface area contributed by atoms with E-state index in [0.29, 0.717) is 6.42 Å². The first-order valence-corrected chi connectivity index (χ1v) is 10.5. The van der Waals surface area contributed by atoms with Crippen molar-refractivity contribution < 1.29 is 38.1 Å². The zero-order valence-electron chi connectivity index (χ0n) is 17.3. The predicted octanol–water partition coefficient (Wildman–Crippen LogP) is 2.10. The largest absolute Gasteiger partial charge is 0.463 e. The van der Waals surface area contributed by atoms with E-state index < -0.39 is 41.8 Å². The molecule has 3 atom stereocenters. The summed E-state index contributed by atoms with van der Waals surface area (Å²) < 4.78 is 27.0. The Morgan fingerprint density at radius 2 is 1.93 bits per heavy atom. The Balaban J connectivity index is 2.26. The third kappa shape index (κ3) is 5.81. The van der Waals surface area contributed by atoms with E-state index in [9.17, 15) is 14.4 Å². The highest BCUT2D eigenvalue weighted by atomic mass is 32.1. The van der Waals surface area contributed by atoms with Gasteiger partial charge in [0.05, 0.1) is 31.8 Å². The molecule has 0 bridgehead atoms. The van der Waals surface area contributed by atoms with Crippen LogP contribution in [-0.2, 0) is 44.5 Å². The van der Waals surface area contributed by atoms with E-state index in [1.807, 2.05) is 5.38 Å². The molecule has 0 N–H and O–H groups in total. The van der Waals surface area contributed by atoms with Gasteiger partial charge in [-0.2, -0.15) is 0 Å². The molecule has 9 heteroatoms. The summed E-state index contributed by atoms with van der Waals surface area (Å²) in [5.74, 6) is -0.0226. The molecule has 0 spiro atoms. The maximum absolute atomic E-state index is 12.9. The van der Waals surface area contributed by atoms with E-state index in [1.165, 1.54) is 18.3 Å². The lowest BCUT2D eigenvalue weighted by atomic mass is 9.97. The summed E-state index contributed by atoms with van der Waals surface area (Å²) in [4.78, 5) is 37.7. The molecule has 1 aromatic heterocycles. The Labute approximate surface area is 179 Å². The molecule has 0 radical (unpaired) electrons. The van der Waals surface area contributed by atoms with Gasteiger partial charge in [-0.1, -0.05) is 6.07 Å². The molecule has 2 heterocycles. The molecule has 0 saturated carbocycles. The van der Waals surface area contributed by atoms with Crippen molar-refractivity contribution in [3.63, 3.8) is 0 Å². The Morgan fingerprint density at radius 3 is 2.43 bits per heavy atom. The second-order valence-electron chi connectivity index (χ2n) is 6.56. The van der Waals surface area contributed by atoms with Gasteiger partial charge < -0.3 is 23.7 Å². The zero-order chi connectivity index (χ0) is 22.1. The van der Waals surface area contributed by atoms with E-state index in [-0.39, 0.29) is 26.2 Å². The second kappa shape index (κ2) is 11.1. The lowest BCUT2D eigenvalue weighted by Crippen LogP contribution is -2.54. The molecule has 0 amide bonds. The number of hydrogen-bond donors (Lipinski definition) is 0. The normalized spacial score (nSPS) is 20.9. The third-order valence-corrected chi connectivity index (χ3v) is 5.32. The molecule has 2 rings (SSSR count). The van der Waals surface area contributed by atoms with Crippen LogP contribution in [0.1, 0.15) is 32.1 Å². The Hall–Kier alpha value is -2.41. The summed E-state index contributed by atoms with van der Waals surface area (Å²) in [6, 6.07) is 3.59. The van der Waals surface area contributed by atoms with Gasteiger partial charge in [-0.05, 0) is 25.3 Å². The van der Waals surface area contributed by atoms with Crippen LogP contribution in [0.25, 0.3) is 0 Å². The van der Waals surface area contributed by atoms with Crippen molar-refractivity contribution in [2.24, 2.45) is 5.92 Å². The molecule has 1 aromatic rings. The fraction of sp³-hybridized carbons (Fsp3) is 0.571. The first-order valence-electron chi connectivity index (χ1n) is 9.65. The minimum Gasteiger partial charge on any atom is -0.463 e. The molecule has 1 aliphatic heterocycles. The first kappa shape index (κ1) is 23.9. The molecule has 0 aromatic carbocycles. The Morgan fingerprint density at radius 1 is 1.27 bits per heavy atom. The summed E-state index contributed by atoms with van der Waals surface area (Å²) in [5.41, 5.74) is -2.00. The number of carbonyl (C=O) groups is 3. The van der Waals surface area contributed by atoms with Gasteiger partial charge in [0.25, 0.3) is 5.60 Å². The Kier molecular flexibility index (Phi) is 8.84. The van der Waals surface area contributed by atoms with Crippen LogP contribution in [0.3, 0.4) is 0 Å². The summed E-state index contributed by atoms with van der Waals surface area (Å²) >= 11 is 1.37. The first-order chi connectivity index (χ1) is 14.4. The molecular weight excluding hydrogens is 412 g/mol. The molecule has 1 aliphatic rings. The van der Waals surface area contributed by atoms with E-state index in [1.54, 1.807) is 26.0 Å². The lowest BCUT2D eigenvalue weighted by Gasteiger charge is -2.30. The number of hydrogen-bond acceptors (Lipinski definition) is 9. The summed E-state index contributed by atoms with van der Waals surface area (Å²) in [6.45, 7) is 4.49. The van der Waals surface area contributed by atoms with Crippen LogP contribution in [0.5, 0.6) is 0 Å². The number of terminal acetylenes is 1. The number of esters is 3. The molecule has 164 valence electrons. The second-order valence-corrected chi connectivity index (χ2v) is 7.59. The van der Waals surface area contributed by atoms with Crippen molar-refractivity contribution in [3.8, 4) is 12.3 Å². The summed E-state index contributed by atoms with van der Waals surface area (Å²) in [6.07, 6.45) is 4.33. The molecular formula is C21H26O8S. The van der Waals surface area contributed by atoms with Crippen LogP contribution in [0.15, 0.2) is 17.5 Å². The summed E-state index contributed by atoms with van der Waals surface area (Å²) in [5, 5.41) is 1.83. The van der Waals surface area contributed by atoms with Crippen molar-refractivity contribution in [2.45, 2.75) is 51.6 Å². The molecule has 1 saturated heterocycles. The Bertz CT molecular complexity index is 748. The van der Waals surface area contributed by atoms with Crippen molar-refractivity contribution in [1.82, 2.24) is 0 Å². The van der Waals surface area contributed by atoms with Crippen LogP contribution in [0, 0.1) is 18.3 Å². The number of carbonyl (C=O) groups excluding carboxylic acids is 3. The fourth-order valence-corrected chi connectivity index (χ4v) is 3.85. The van der Waals surface area contributed by atoms with Gasteiger partial charge in [-0.3, -0.25) is 4.79 Å². The van der Waals surface area contributed by atoms with Crippen LogP contribution < -0.4 is 0 Å². The van der Waals surface area contributed by atoms with Gasteiger partial charge in [0.2, 0.25) is 6.29 Å². The van der Waals surface area contributed by atoms with Crippen LogP contribution >= 0.6 is 11.3 Å². The standard InChI is InChI=1S/C21H26O8S/c1-5-15-11-18(28-14(4)22)29-17(15)13-27-21(19(23)25-6-2,20(24)26-7-3)12-16-9-8-10-30-16/h1,8-10,15,17-18H,6-7,11-13H2,2-4H3. The molecule has 3 unspecified atom stereocenters. The SMILES string of the molecule is C#CC1CC(OC(C)=O)OC1COC(Cc1cccs1)(C(=O)OCC)C(=O)OCC. The van der Waals surface area contributed by atoms with E-state index in [0.717, 1.165) is 4.88 Å². The van der Waals surface area contributed by atoms with Crippen LogP contribution in [0.4, 0.5) is 0 Å². The summed E-state index contributed by atoms with van der Waals surface area (Å²) in [7, 11) is 0. The van der Waals surface area contributed by atoms with Crippen LogP contribution in [0.2, 0.25) is 0 Å². The molecule has 30 heavy (non-hydrogen) atoms. The highest BCUT2D eigenvalue weighted by Gasteiger charge is 2.52. The van der Waals surface area contributed by atoms with Crippen molar-refractivity contribution in [2.75, 3.05) is 19.8 Å². The number of ether oxygens (including phenoxy) is 5. The van der Waals surface area contributed by atoms with Gasteiger partial charge in [0.15, 0.2) is 0 Å². The minimum atomic E-state index is -2.00. The highest BCUT2D eigenvalue weighted by Crippen LogP contribution is 2.31. The maximum Gasteiger partial charge on any atom is 0.350 e. The maximum atomic E-state index is 12.9. The van der Waals surface area contributed by atoms with Crippen LogP contribution in [-0.4, -0.2) is 55.7 Å². The fourth-order valence-electron chi connectivity index (χ4n) is 3.07. The predicted molar refractivity (Wildman–Crippen MR) is 107 cm³/mol. The lowest BCUT2D eigenvalue weighted by molar-refractivity contribution is -0.200. The van der Waals surface area contributed by atoms with E-state index in [2.05, 4.69) is 5.92 Å². The van der Waals surface area contributed by atoms with Gasteiger partial charge >= 0.3 is 17.9 Å². The highest BCUT2D eigenvalue weighted by molar-refractivity contribution is 7.09. The zero-order valence-corrected chi connectivity index (χ0v) is 18.1. The molecule has 0 aliphatic carbocycles. The molecule has 8 nitrogen and oxygen atoms in total. The average Bonchev–Trinajstić information content (AvgIpc) is 3.34. The smallest absolute Gasteiger partial charge is 0.350 e. The average molecular weight is 438 g/mol. The quantitative estimate of drug-likeness (QED) is 0.237. The van der Waals surface area contributed by atoms with Gasteiger partial charge in [0.1, 0.15) is 0 Å². The van der Waals surface area contributed by atoms with E-state index in [4.69, 9.17) is 30.1 Å². The van der Waals surface area contributed by atoms with Gasteiger partial charge in [-0.15, -0.1) is 23.7 Å². The van der Waals surface area contributed by atoms with Crippen molar-refractivity contribution in [3.05, 3.63) is 22.4 Å². The van der Waals surface area contributed by atoms with Gasteiger partial charge in [-0.25, -0.2) is 9.59 Å². The van der Waals surface area contributed by atoms with Crippen molar-refractivity contribution >= 4 is 29.2 Å². The monoisotopic (exact) mass is 438 g/mol. The van der Waals surface area contributed by atoms with Gasteiger partial charge in [0, 0.05) is 24.6 Å². The molecule has 1 fully saturated rings. The number of thiophene rings is 1. The van der Waals surface area contributed by atoms with Crippen molar-refractivity contribution in [1.29, 1.82) is 0 Å². The van der Waals surface area contributed by atoms with E-state index >= 15 is 0 Å².